The van der Waals surface area contributed by atoms with E-state index in [1.54, 1.807) is 0 Å². The molecule has 0 amide bonds. The van der Waals surface area contributed by atoms with Crippen LogP contribution in [0.3, 0.4) is 0 Å². The van der Waals surface area contributed by atoms with E-state index in [0.29, 0.717) is 6.10 Å². The second-order valence-corrected chi connectivity index (χ2v) is 5.14. The van der Waals surface area contributed by atoms with E-state index < -0.39 is 0 Å². The van der Waals surface area contributed by atoms with E-state index in [9.17, 15) is 0 Å². The van der Waals surface area contributed by atoms with Crippen molar-refractivity contribution in [3.63, 3.8) is 0 Å². The minimum Gasteiger partial charge on any atom is -0.373 e. The highest BCUT2D eigenvalue weighted by Gasteiger charge is 2.29. The first-order valence-electron chi connectivity index (χ1n) is 6.64. The Kier molecular flexibility index (Phi) is 2.96. The molecule has 1 heteroatoms. The first-order valence-corrected chi connectivity index (χ1v) is 6.64. The van der Waals surface area contributed by atoms with Crippen LogP contribution in [0.2, 0.25) is 0 Å². The van der Waals surface area contributed by atoms with Crippen LogP contribution in [-0.4, -0.2) is 6.61 Å². The van der Waals surface area contributed by atoms with Crippen LogP contribution in [-0.2, 0) is 11.2 Å². The van der Waals surface area contributed by atoms with Gasteiger partial charge in [-0.05, 0) is 36.3 Å². The summed E-state index contributed by atoms with van der Waals surface area (Å²) in [5, 5.41) is 0. The van der Waals surface area contributed by atoms with Gasteiger partial charge in [0.2, 0.25) is 0 Å². The zero-order valence-electron chi connectivity index (χ0n) is 9.82. The van der Waals surface area contributed by atoms with Crippen molar-refractivity contribution in [2.45, 2.75) is 44.6 Å². The molecule has 1 nitrogen and oxygen atoms in total. The summed E-state index contributed by atoms with van der Waals surface area (Å²) in [5.41, 5.74) is 2.99. The SMILES string of the molecule is c1ccc2c(c1)CCOC2C1CCCCC1. The van der Waals surface area contributed by atoms with Gasteiger partial charge in [0.15, 0.2) is 0 Å². The molecule has 1 aliphatic heterocycles. The molecule has 2 aliphatic rings. The minimum atomic E-state index is 0.394. The fourth-order valence-electron chi connectivity index (χ4n) is 3.25. The van der Waals surface area contributed by atoms with E-state index >= 15 is 0 Å². The van der Waals surface area contributed by atoms with Gasteiger partial charge >= 0.3 is 0 Å². The van der Waals surface area contributed by atoms with Crippen LogP contribution >= 0.6 is 0 Å². The van der Waals surface area contributed by atoms with Crippen LogP contribution in [0, 0.1) is 5.92 Å². The van der Waals surface area contributed by atoms with Crippen LogP contribution in [0.4, 0.5) is 0 Å². The summed E-state index contributed by atoms with van der Waals surface area (Å²) in [5.74, 6) is 0.773. The Bertz CT molecular complexity index is 352. The van der Waals surface area contributed by atoms with Gasteiger partial charge in [-0.1, -0.05) is 43.5 Å². The quantitative estimate of drug-likeness (QED) is 0.692. The minimum absolute atomic E-state index is 0.394. The van der Waals surface area contributed by atoms with Crippen molar-refractivity contribution >= 4 is 0 Å². The van der Waals surface area contributed by atoms with E-state index in [1.807, 2.05) is 0 Å². The molecule has 0 N–H and O–H groups in total. The third-order valence-electron chi connectivity index (χ3n) is 4.11. The van der Waals surface area contributed by atoms with Crippen LogP contribution < -0.4 is 0 Å². The maximum absolute atomic E-state index is 6.04. The van der Waals surface area contributed by atoms with Crippen molar-refractivity contribution in [2.24, 2.45) is 5.92 Å². The Hall–Kier alpha value is -0.820. The molecule has 1 aromatic carbocycles. The molecule has 16 heavy (non-hydrogen) atoms. The molecule has 1 heterocycles. The fraction of sp³-hybridized carbons (Fsp3) is 0.600. The van der Waals surface area contributed by atoms with Crippen molar-refractivity contribution in [3.05, 3.63) is 35.4 Å². The zero-order valence-corrected chi connectivity index (χ0v) is 9.82. The van der Waals surface area contributed by atoms with Gasteiger partial charge in [0, 0.05) is 0 Å². The van der Waals surface area contributed by atoms with E-state index in [0.717, 1.165) is 18.9 Å². The summed E-state index contributed by atoms with van der Waals surface area (Å²) < 4.78 is 6.04. The van der Waals surface area contributed by atoms with Crippen LogP contribution in [0.15, 0.2) is 24.3 Å². The van der Waals surface area contributed by atoms with Gasteiger partial charge < -0.3 is 4.74 Å². The molecule has 1 unspecified atom stereocenters. The normalized spacial score (nSPS) is 26.4. The average Bonchev–Trinajstić information content (AvgIpc) is 2.39. The van der Waals surface area contributed by atoms with Crippen molar-refractivity contribution < 1.29 is 4.74 Å². The summed E-state index contributed by atoms with van der Waals surface area (Å²) >= 11 is 0. The molecular formula is C15H20O. The van der Waals surface area contributed by atoms with Gasteiger partial charge in [-0.2, -0.15) is 0 Å². The van der Waals surface area contributed by atoms with E-state index in [-0.39, 0.29) is 0 Å². The Morgan fingerprint density at radius 3 is 2.69 bits per heavy atom. The van der Waals surface area contributed by atoms with Crippen molar-refractivity contribution in [2.75, 3.05) is 6.61 Å². The van der Waals surface area contributed by atoms with Gasteiger partial charge in [-0.3, -0.25) is 0 Å². The molecule has 1 atom stereocenters. The standard InChI is InChI=1S/C15H20O/c1-2-7-13(8-3-1)15-14-9-5-4-6-12(14)10-11-16-15/h4-6,9,13,15H,1-3,7-8,10-11H2. The molecular weight excluding hydrogens is 196 g/mol. The highest BCUT2D eigenvalue weighted by Crippen LogP contribution is 2.40. The molecule has 0 spiro atoms. The molecule has 0 saturated heterocycles. The molecule has 1 fully saturated rings. The molecule has 0 aromatic heterocycles. The Labute approximate surface area is 97.8 Å². The Morgan fingerprint density at radius 2 is 1.81 bits per heavy atom. The maximum atomic E-state index is 6.04. The number of fused-ring (bicyclic) bond motifs is 1. The predicted molar refractivity (Wildman–Crippen MR) is 65.4 cm³/mol. The largest absolute Gasteiger partial charge is 0.373 e. The van der Waals surface area contributed by atoms with E-state index in [2.05, 4.69) is 24.3 Å². The van der Waals surface area contributed by atoms with Crippen molar-refractivity contribution in [1.82, 2.24) is 0 Å². The third-order valence-corrected chi connectivity index (χ3v) is 4.11. The van der Waals surface area contributed by atoms with E-state index in [1.165, 1.54) is 43.2 Å². The lowest BCUT2D eigenvalue weighted by atomic mass is 9.80. The van der Waals surface area contributed by atoms with Crippen molar-refractivity contribution in [3.8, 4) is 0 Å². The number of rotatable bonds is 1. The molecule has 1 aliphatic carbocycles. The Balaban J connectivity index is 1.86. The summed E-state index contributed by atoms with van der Waals surface area (Å²) in [7, 11) is 0. The first-order chi connectivity index (χ1) is 7.95. The van der Waals surface area contributed by atoms with Gasteiger partial charge in [0.05, 0.1) is 12.7 Å². The first kappa shape index (κ1) is 10.3. The lowest BCUT2D eigenvalue weighted by molar-refractivity contribution is -0.0102. The molecule has 1 aromatic rings. The lowest BCUT2D eigenvalue weighted by Gasteiger charge is -2.34. The third kappa shape index (κ3) is 1.89. The molecule has 1 saturated carbocycles. The highest BCUT2D eigenvalue weighted by molar-refractivity contribution is 5.31. The number of hydrogen-bond donors (Lipinski definition) is 0. The van der Waals surface area contributed by atoms with Gasteiger partial charge in [-0.15, -0.1) is 0 Å². The second-order valence-electron chi connectivity index (χ2n) is 5.14. The number of hydrogen-bond acceptors (Lipinski definition) is 1. The Morgan fingerprint density at radius 1 is 1.00 bits per heavy atom. The lowest BCUT2D eigenvalue weighted by Crippen LogP contribution is -2.24. The second kappa shape index (κ2) is 4.58. The molecule has 86 valence electrons. The van der Waals surface area contributed by atoms with Gasteiger partial charge in [0.1, 0.15) is 0 Å². The predicted octanol–water partition coefficient (Wildman–Crippen LogP) is 3.88. The molecule has 0 bridgehead atoms. The summed E-state index contributed by atoms with van der Waals surface area (Å²) in [6.45, 7) is 0.915. The number of ether oxygens (including phenoxy) is 1. The van der Waals surface area contributed by atoms with E-state index in [4.69, 9.17) is 4.74 Å². The molecule has 0 radical (unpaired) electrons. The monoisotopic (exact) mass is 216 g/mol. The number of benzene rings is 1. The molecule has 3 rings (SSSR count). The summed E-state index contributed by atoms with van der Waals surface area (Å²) in [6.07, 6.45) is 8.42. The van der Waals surface area contributed by atoms with Crippen LogP contribution in [0.25, 0.3) is 0 Å². The maximum Gasteiger partial charge on any atom is 0.0855 e. The highest BCUT2D eigenvalue weighted by atomic mass is 16.5. The van der Waals surface area contributed by atoms with Crippen LogP contribution in [0.5, 0.6) is 0 Å². The topological polar surface area (TPSA) is 9.23 Å². The summed E-state index contributed by atoms with van der Waals surface area (Å²) in [4.78, 5) is 0. The zero-order chi connectivity index (χ0) is 10.8. The smallest absolute Gasteiger partial charge is 0.0855 e. The van der Waals surface area contributed by atoms with Crippen molar-refractivity contribution in [1.29, 1.82) is 0 Å². The van der Waals surface area contributed by atoms with Gasteiger partial charge in [-0.25, -0.2) is 0 Å². The van der Waals surface area contributed by atoms with Crippen LogP contribution in [0.1, 0.15) is 49.3 Å². The fourth-order valence-corrected chi connectivity index (χ4v) is 3.25. The average molecular weight is 216 g/mol. The summed E-state index contributed by atoms with van der Waals surface area (Å²) in [6, 6.07) is 8.85. The van der Waals surface area contributed by atoms with Gasteiger partial charge in [0.25, 0.3) is 0 Å².